The number of Topliss-reactive ketones (excluding diaryl/α,β-unsaturated/α-hetero) is 1. The Morgan fingerprint density at radius 1 is 1.12 bits per heavy atom. The number of carbonyl (C=O) groups is 2. The number of nitrogens with one attached hydrogen (secondary N) is 1. The lowest BCUT2D eigenvalue weighted by molar-refractivity contribution is -0.116. The summed E-state index contributed by atoms with van der Waals surface area (Å²) in [6.45, 7) is 1.50. The van der Waals surface area contributed by atoms with E-state index in [9.17, 15) is 9.59 Å². The molecule has 1 aromatic heterocycles. The summed E-state index contributed by atoms with van der Waals surface area (Å²) in [6.07, 6.45) is 1.14. The lowest BCUT2D eigenvalue weighted by atomic mass is 10.1. The fourth-order valence-corrected chi connectivity index (χ4v) is 3.69. The van der Waals surface area contributed by atoms with E-state index in [1.54, 1.807) is 30.0 Å². The molecule has 134 valence electrons. The molecule has 3 rings (SSSR count). The second kappa shape index (κ2) is 8.19. The normalized spacial score (nSPS) is 10.8. The van der Waals surface area contributed by atoms with Gasteiger partial charge >= 0.3 is 0 Å². The third-order valence-electron chi connectivity index (χ3n) is 4.11. The summed E-state index contributed by atoms with van der Waals surface area (Å²) >= 11 is 1.65. The number of anilines is 1. The fraction of sp³-hybridized carbons (Fsp3) is 0.250. The molecule has 0 atom stereocenters. The first-order chi connectivity index (χ1) is 12.6. The molecule has 0 aliphatic rings. The zero-order chi connectivity index (χ0) is 18.5. The van der Waals surface area contributed by atoms with Crippen LogP contribution in [-0.4, -0.2) is 27.0 Å². The molecule has 0 spiro atoms. The van der Waals surface area contributed by atoms with Gasteiger partial charge in [-0.25, -0.2) is 4.98 Å². The average Bonchev–Trinajstić information content (AvgIpc) is 2.95. The molecule has 1 heterocycles. The first kappa shape index (κ1) is 18.2. The van der Waals surface area contributed by atoms with Gasteiger partial charge in [0.25, 0.3) is 0 Å². The van der Waals surface area contributed by atoms with Crippen LogP contribution in [0.3, 0.4) is 0 Å². The number of nitrogens with zero attached hydrogens (tertiary/aromatic N) is 2. The number of amides is 1. The average molecular weight is 367 g/mol. The summed E-state index contributed by atoms with van der Waals surface area (Å²) < 4.78 is 2.07. The molecule has 0 aliphatic heterocycles. The van der Waals surface area contributed by atoms with Gasteiger partial charge in [0, 0.05) is 24.8 Å². The first-order valence-electron chi connectivity index (χ1n) is 8.50. The number of fused-ring (bicyclic) bond motifs is 1. The molecule has 0 saturated heterocycles. The number of imidazole rings is 1. The number of thioether (sulfide) groups is 1. The molecule has 0 saturated carbocycles. The topological polar surface area (TPSA) is 64.0 Å². The van der Waals surface area contributed by atoms with Crippen molar-refractivity contribution in [3.63, 3.8) is 0 Å². The SMILES string of the molecule is CC(=O)c1ccccc1NC(=O)CCCSc1nc2ccccc2n1C. The van der Waals surface area contributed by atoms with Crippen molar-refractivity contribution in [3.05, 3.63) is 54.1 Å². The summed E-state index contributed by atoms with van der Waals surface area (Å²) in [4.78, 5) is 28.4. The van der Waals surface area contributed by atoms with Crippen molar-refractivity contribution in [2.75, 3.05) is 11.1 Å². The molecule has 2 aromatic carbocycles. The molecule has 1 N–H and O–H groups in total. The number of rotatable bonds is 7. The van der Waals surface area contributed by atoms with Crippen molar-refractivity contribution in [2.45, 2.75) is 24.9 Å². The maximum Gasteiger partial charge on any atom is 0.224 e. The van der Waals surface area contributed by atoms with Crippen LogP contribution in [0.4, 0.5) is 5.69 Å². The highest BCUT2D eigenvalue weighted by atomic mass is 32.2. The van der Waals surface area contributed by atoms with Gasteiger partial charge in [-0.05, 0) is 37.6 Å². The minimum absolute atomic E-state index is 0.0571. The fourth-order valence-electron chi connectivity index (χ4n) is 2.76. The van der Waals surface area contributed by atoms with E-state index < -0.39 is 0 Å². The Balaban J connectivity index is 1.51. The minimum Gasteiger partial charge on any atom is -0.325 e. The van der Waals surface area contributed by atoms with Crippen molar-refractivity contribution < 1.29 is 9.59 Å². The van der Waals surface area contributed by atoms with E-state index in [4.69, 9.17) is 0 Å². The molecular formula is C20H21N3O2S. The maximum absolute atomic E-state index is 12.2. The number of benzene rings is 2. The maximum atomic E-state index is 12.2. The molecule has 0 aliphatic carbocycles. The number of carbonyl (C=O) groups excluding carboxylic acids is 2. The summed E-state index contributed by atoms with van der Waals surface area (Å²) in [5.41, 5.74) is 3.20. The van der Waals surface area contributed by atoms with Crippen LogP contribution in [0.1, 0.15) is 30.1 Å². The van der Waals surface area contributed by atoms with Gasteiger partial charge in [0.1, 0.15) is 0 Å². The van der Waals surface area contributed by atoms with Crippen LogP contribution in [0.15, 0.2) is 53.7 Å². The molecule has 26 heavy (non-hydrogen) atoms. The highest BCUT2D eigenvalue weighted by molar-refractivity contribution is 7.99. The highest BCUT2D eigenvalue weighted by Crippen LogP contribution is 2.23. The molecule has 5 nitrogen and oxygen atoms in total. The Hall–Kier alpha value is -2.60. The second-order valence-corrected chi connectivity index (χ2v) is 7.11. The third-order valence-corrected chi connectivity index (χ3v) is 5.22. The van der Waals surface area contributed by atoms with Crippen LogP contribution >= 0.6 is 11.8 Å². The van der Waals surface area contributed by atoms with Gasteiger partial charge in [-0.15, -0.1) is 0 Å². The predicted octanol–water partition coefficient (Wildman–Crippen LogP) is 4.29. The van der Waals surface area contributed by atoms with E-state index in [0.717, 1.165) is 28.4 Å². The molecule has 0 fully saturated rings. The van der Waals surface area contributed by atoms with Crippen molar-refractivity contribution in [1.82, 2.24) is 9.55 Å². The van der Waals surface area contributed by atoms with Crippen molar-refractivity contribution in [2.24, 2.45) is 7.05 Å². The van der Waals surface area contributed by atoms with Crippen molar-refractivity contribution >= 4 is 40.2 Å². The van der Waals surface area contributed by atoms with Gasteiger partial charge in [-0.3, -0.25) is 9.59 Å². The van der Waals surface area contributed by atoms with E-state index in [1.165, 1.54) is 6.92 Å². The van der Waals surface area contributed by atoms with Gasteiger partial charge in [0.15, 0.2) is 10.9 Å². The standard InChI is InChI=1S/C20H21N3O2S/c1-14(24)15-8-3-4-9-16(15)21-19(25)12-7-13-26-20-22-17-10-5-6-11-18(17)23(20)2/h3-6,8-11H,7,12-13H2,1-2H3,(H,21,25). The second-order valence-electron chi connectivity index (χ2n) is 6.04. The summed E-state index contributed by atoms with van der Waals surface area (Å²) in [5, 5.41) is 3.79. The van der Waals surface area contributed by atoms with Crippen LogP contribution in [0.25, 0.3) is 11.0 Å². The first-order valence-corrected chi connectivity index (χ1v) is 9.49. The molecule has 0 unspecified atom stereocenters. The summed E-state index contributed by atoms with van der Waals surface area (Å²) in [5.74, 6) is 0.668. The lowest BCUT2D eigenvalue weighted by Crippen LogP contribution is -2.14. The monoisotopic (exact) mass is 367 g/mol. The number of hydrogen-bond acceptors (Lipinski definition) is 4. The van der Waals surface area contributed by atoms with Gasteiger partial charge in [0.05, 0.1) is 16.7 Å². The van der Waals surface area contributed by atoms with E-state index >= 15 is 0 Å². The van der Waals surface area contributed by atoms with Crippen molar-refractivity contribution in [1.29, 1.82) is 0 Å². The van der Waals surface area contributed by atoms with Crippen molar-refractivity contribution in [3.8, 4) is 0 Å². The number of aromatic nitrogens is 2. The van der Waals surface area contributed by atoms with Crippen LogP contribution < -0.4 is 5.32 Å². The number of ketones is 1. The van der Waals surface area contributed by atoms with E-state index in [1.807, 2.05) is 37.4 Å². The lowest BCUT2D eigenvalue weighted by Gasteiger charge is -2.09. The van der Waals surface area contributed by atoms with Crippen LogP contribution in [0, 0.1) is 0 Å². The Labute approximate surface area is 156 Å². The van der Waals surface area contributed by atoms with Gasteiger partial charge in [-0.1, -0.05) is 36.0 Å². The number of hydrogen-bond donors (Lipinski definition) is 1. The Kier molecular flexibility index (Phi) is 5.73. The number of para-hydroxylation sites is 3. The van der Waals surface area contributed by atoms with E-state index in [0.29, 0.717) is 17.7 Å². The zero-order valence-electron chi connectivity index (χ0n) is 14.9. The Bertz CT molecular complexity index is 949. The third kappa shape index (κ3) is 4.14. The van der Waals surface area contributed by atoms with Gasteiger partial charge in [-0.2, -0.15) is 0 Å². The van der Waals surface area contributed by atoms with Gasteiger partial charge < -0.3 is 9.88 Å². The largest absolute Gasteiger partial charge is 0.325 e. The van der Waals surface area contributed by atoms with Gasteiger partial charge in [0.2, 0.25) is 5.91 Å². The molecule has 3 aromatic rings. The minimum atomic E-state index is -0.0794. The van der Waals surface area contributed by atoms with Crippen LogP contribution in [-0.2, 0) is 11.8 Å². The van der Waals surface area contributed by atoms with Crippen LogP contribution in [0.5, 0.6) is 0 Å². The quantitative estimate of drug-likeness (QED) is 0.384. The van der Waals surface area contributed by atoms with E-state index in [2.05, 4.69) is 14.9 Å². The smallest absolute Gasteiger partial charge is 0.224 e. The predicted molar refractivity (Wildman–Crippen MR) is 106 cm³/mol. The molecule has 1 amide bonds. The zero-order valence-corrected chi connectivity index (χ0v) is 15.7. The molecule has 0 bridgehead atoms. The Morgan fingerprint density at radius 2 is 1.85 bits per heavy atom. The number of aryl methyl sites for hydroxylation is 1. The van der Waals surface area contributed by atoms with E-state index in [-0.39, 0.29) is 11.7 Å². The molecular weight excluding hydrogens is 346 g/mol. The molecule has 6 heteroatoms. The summed E-state index contributed by atoms with van der Waals surface area (Å²) in [6, 6.07) is 15.1. The highest BCUT2D eigenvalue weighted by Gasteiger charge is 2.11. The van der Waals surface area contributed by atoms with Crippen LogP contribution in [0.2, 0.25) is 0 Å². The summed E-state index contributed by atoms with van der Waals surface area (Å²) in [7, 11) is 2.00. The Morgan fingerprint density at radius 3 is 2.62 bits per heavy atom. The molecule has 0 radical (unpaired) electrons.